The van der Waals surface area contributed by atoms with Crippen LogP contribution in [-0.4, -0.2) is 10.2 Å². The average Bonchev–Trinajstić information content (AvgIpc) is 2.64. The molecule has 0 aliphatic heterocycles. The van der Waals surface area contributed by atoms with Gasteiger partial charge in [0.2, 0.25) is 0 Å². The minimum absolute atomic E-state index is 0.486. The second-order valence-electron chi connectivity index (χ2n) is 6.34. The van der Waals surface area contributed by atoms with Crippen LogP contribution in [0.5, 0.6) is 0 Å². The van der Waals surface area contributed by atoms with E-state index in [9.17, 15) is 5.26 Å². The maximum atomic E-state index is 9.27. The normalized spacial score (nSPS) is 11.2. The predicted molar refractivity (Wildman–Crippen MR) is 105 cm³/mol. The van der Waals surface area contributed by atoms with E-state index in [1.165, 1.54) is 0 Å². The number of pyridine rings is 1. The summed E-state index contributed by atoms with van der Waals surface area (Å²) in [4.78, 5) is 8.44. The number of aromatic nitrogens is 1. The van der Waals surface area contributed by atoms with Gasteiger partial charge in [-0.1, -0.05) is 28.1 Å². The van der Waals surface area contributed by atoms with Crippen molar-refractivity contribution in [2.75, 3.05) is 10.8 Å². The highest BCUT2D eigenvalue weighted by Gasteiger charge is 2.19. The van der Waals surface area contributed by atoms with Crippen LogP contribution in [0.1, 0.15) is 19.4 Å². The molecule has 0 aliphatic carbocycles. The molecule has 7 heteroatoms. The van der Waals surface area contributed by atoms with Crippen molar-refractivity contribution in [3.8, 4) is 6.07 Å². The third-order valence-electron chi connectivity index (χ3n) is 4.14. The highest BCUT2D eigenvalue weighted by Crippen LogP contribution is 2.34. The van der Waals surface area contributed by atoms with Crippen molar-refractivity contribution >= 4 is 43.9 Å². The summed E-state index contributed by atoms with van der Waals surface area (Å²) in [6, 6.07) is 15.7. The molecule has 0 unspecified atom stereocenters. The van der Waals surface area contributed by atoms with Gasteiger partial charge in [-0.3, -0.25) is 4.98 Å². The predicted octanol–water partition coefficient (Wildman–Crippen LogP) is 5.36. The molecule has 1 aromatic heterocycles. The first-order valence-electron chi connectivity index (χ1n) is 7.88. The Kier molecular flexibility index (Phi) is 5.09. The third kappa shape index (κ3) is 3.63. The van der Waals surface area contributed by atoms with Crippen LogP contribution in [0, 0.1) is 11.3 Å². The Morgan fingerprint density at radius 1 is 1.19 bits per heavy atom. The monoisotopic (exact) mass is 412 g/mol. The van der Waals surface area contributed by atoms with Gasteiger partial charge in [-0.2, -0.15) is 5.26 Å². The Morgan fingerprint density at radius 2 is 1.92 bits per heavy atom. The smallest absolute Gasteiger partial charge is 0.106 e. The molecular weight excluding hydrogens is 396 g/mol. The second kappa shape index (κ2) is 7.30. The fraction of sp³-hybridized carbons (Fsp3) is 0.158. The molecule has 3 N–H and O–H groups in total. The summed E-state index contributed by atoms with van der Waals surface area (Å²) in [6.45, 7) is 3.76. The van der Waals surface area contributed by atoms with Crippen molar-refractivity contribution in [2.45, 2.75) is 19.3 Å². The average molecular weight is 413 g/mol. The number of rotatable bonds is 5. The van der Waals surface area contributed by atoms with Crippen molar-refractivity contribution in [3.05, 3.63) is 58.7 Å². The number of nitrogens with one attached hydrogen (secondary N) is 2. The molecule has 1 heterocycles. The Labute approximate surface area is 159 Å². The fourth-order valence-electron chi connectivity index (χ4n) is 2.61. The van der Waals surface area contributed by atoms with Gasteiger partial charge in [0.15, 0.2) is 0 Å². The number of hydrogen-bond acceptors (Lipinski definition) is 6. The van der Waals surface area contributed by atoms with E-state index < -0.39 is 5.41 Å². The quantitative estimate of drug-likeness (QED) is 0.386. The lowest BCUT2D eigenvalue weighted by atomic mass is 9.86. The summed E-state index contributed by atoms with van der Waals surface area (Å²) in [5.41, 5.74) is 5.62. The van der Waals surface area contributed by atoms with Crippen molar-refractivity contribution in [1.82, 2.24) is 4.98 Å². The largest absolute Gasteiger partial charge is 0.353 e. The summed E-state index contributed by atoms with van der Waals surface area (Å²) in [5.74, 6) is 0. The van der Waals surface area contributed by atoms with Crippen LogP contribution >= 0.6 is 15.9 Å². The molecule has 3 rings (SSSR count). The van der Waals surface area contributed by atoms with Crippen LogP contribution < -0.4 is 10.8 Å². The lowest BCUT2D eigenvalue weighted by Crippen LogP contribution is -2.13. The zero-order valence-corrected chi connectivity index (χ0v) is 15.8. The van der Waals surface area contributed by atoms with Gasteiger partial charge in [-0.15, -0.1) is 4.99 Å². The molecule has 0 aliphatic rings. The van der Waals surface area contributed by atoms with Gasteiger partial charge in [0.25, 0.3) is 0 Å². The van der Waals surface area contributed by atoms with Gasteiger partial charge in [0.1, 0.15) is 5.69 Å². The van der Waals surface area contributed by atoms with E-state index >= 15 is 0 Å². The molecule has 132 valence electrons. The van der Waals surface area contributed by atoms with Crippen LogP contribution in [0.4, 0.5) is 17.1 Å². The van der Waals surface area contributed by atoms with E-state index in [1.807, 2.05) is 56.3 Å². The maximum Gasteiger partial charge on any atom is 0.106 e. The van der Waals surface area contributed by atoms with Crippen LogP contribution in [0.15, 0.2) is 53.1 Å². The van der Waals surface area contributed by atoms with Crippen molar-refractivity contribution < 1.29 is 10.2 Å². The Morgan fingerprint density at radius 3 is 2.58 bits per heavy atom. The van der Waals surface area contributed by atoms with E-state index in [2.05, 4.69) is 42.8 Å². The lowest BCUT2D eigenvalue weighted by molar-refractivity contribution is -0.215. The van der Waals surface area contributed by atoms with Crippen LogP contribution in [0.25, 0.3) is 10.9 Å². The molecule has 26 heavy (non-hydrogen) atoms. The number of nitriles is 1. The summed E-state index contributed by atoms with van der Waals surface area (Å²) in [7, 11) is 0. The third-order valence-corrected chi connectivity index (χ3v) is 4.63. The van der Waals surface area contributed by atoms with Crippen LogP contribution in [-0.2, 0) is 10.4 Å². The highest BCUT2D eigenvalue weighted by molar-refractivity contribution is 9.10. The van der Waals surface area contributed by atoms with Gasteiger partial charge >= 0.3 is 0 Å². The van der Waals surface area contributed by atoms with Crippen LogP contribution in [0.2, 0.25) is 0 Å². The molecule has 0 bridgehead atoms. The fourth-order valence-corrected chi connectivity index (χ4v) is 2.97. The first-order valence-corrected chi connectivity index (χ1v) is 8.67. The topological polar surface area (TPSA) is 90.2 Å². The zero-order valence-electron chi connectivity index (χ0n) is 14.2. The molecule has 0 radical (unpaired) electrons. The van der Waals surface area contributed by atoms with Crippen molar-refractivity contribution in [2.24, 2.45) is 0 Å². The maximum absolute atomic E-state index is 9.27. The summed E-state index contributed by atoms with van der Waals surface area (Å²) in [5, 5.41) is 22.2. The van der Waals surface area contributed by atoms with E-state index in [-0.39, 0.29) is 0 Å². The van der Waals surface area contributed by atoms with Crippen molar-refractivity contribution in [1.29, 1.82) is 5.26 Å². The highest BCUT2D eigenvalue weighted by atomic mass is 79.9. The molecule has 0 saturated carbocycles. The van der Waals surface area contributed by atoms with Gasteiger partial charge in [0, 0.05) is 15.5 Å². The minimum atomic E-state index is -0.551. The SMILES string of the molecule is CC(C)(C#N)c1ccc(Nc2c(NOO)cnc3ccc(Br)cc23)cc1. The molecule has 6 nitrogen and oxygen atoms in total. The molecule has 0 spiro atoms. The van der Waals surface area contributed by atoms with Gasteiger partial charge in [-0.25, -0.2) is 10.7 Å². The summed E-state index contributed by atoms with van der Waals surface area (Å²) in [6.07, 6.45) is 1.57. The zero-order chi connectivity index (χ0) is 18.7. The van der Waals surface area contributed by atoms with E-state index in [0.717, 1.165) is 26.6 Å². The second-order valence-corrected chi connectivity index (χ2v) is 7.26. The van der Waals surface area contributed by atoms with Crippen LogP contribution in [0.3, 0.4) is 0 Å². The molecule has 0 amide bonds. The summed E-state index contributed by atoms with van der Waals surface area (Å²) >= 11 is 3.47. The lowest BCUT2D eigenvalue weighted by Gasteiger charge is -2.18. The number of benzene rings is 2. The molecule has 3 aromatic rings. The Bertz CT molecular complexity index is 981. The first-order chi connectivity index (χ1) is 12.4. The molecular formula is C19H17BrN4O2. The molecule has 2 aromatic carbocycles. The van der Waals surface area contributed by atoms with Gasteiger partial charge in [-0.05, 0) is 49.7 Å². The molecule has 0 fully saturated rings. The Balaban J connectivity index is 2.03. The van der Waals surface area contributed by atoms with Gasteiger partial charge in [0.05, 0.1) is 28.9 Å². The van der Waals surface area contributed by atoms with E-state index in [0.29, 0.717) is 11.4 Å². The van der Waals surface area contributed by atoms with Gasteiger partial charge < -0.3 is 5.32 Å². The minimum Gasteiger partial charge on any atom is -0.353 e. The number of fused-ring (bicyclic) bond motifs is 1. The number of anilines is 3. The number of nitrogens with zero attached hydrogens (tertiary/aromatic N) is 2. The molecule has 0 saturated heterocycles. The van der Waals surface area contributed by atoms with Crippen molar-refractivity contribution in [3.63, 3.8) is 0 Å². The first kappa shape index (κ1) is 18.1. The number of halogens is 1. The molecule has 0 atom stereocenters. The Hall–Kier alpha value is -2.66. The summed E-state index contributed by atoms with van der Waals surface area (Å²) < 4.78 is 0.906. The van der Waals surface area contributed by atoms with E-state index in [4.69, 9.17) is 5.26 Å². The van der Waals surface area contributed by atoms with E-state index in [1.54, 1.807) is 6.20 Å². The standard InChI is InChI=1S/C19H17BrN4O2/c1-19(2,11-21)12-3-6-14(7-4-12)23-18-15-9-13(20)5-8-16(15)22-10-17(18)24-26-25/h3-10,24-25H,1-2H3,(H,22,23). The number of hydrogen-bond donors (Lipinski definition) is 3.